The lowest BCUT2D eigenvalue weighted by atomic mass is 9.80. The van der Waals surface area contributed by atoms with E-state index in [-0.39, 0.29) is 17.6 Å². The summed E-state index contributed by atoms with van der Waals surface area (Å²) in [7, 11) is 0. The average molecular weight is 393 g/mol. The number of ketones is 1. The molecule has 3 aromatic carbocycles. The predicted molar refractivity (Wildman–Crippen MR) is 124 cm³/mol. The number of fused-ring (bicyclic) bond motifs is 1. The third-order valence-corrected chi connectivity index (χ3v) is 6.97. The molecule has 0 aliphatic heterocycles. The number of benzene rings is 3. The molecule has 0 saturated carbocycles. The lowest BCUT2D eigenvalue weighted by molar-refractivity contribution is 0.0934. The van der Waals surface area contributed by atoms with Gasteiger partial charge in [-0.25, -0.2) is 0 Å². The summed E-state index contributed by atoms with van der Waals surface area (Å²) in [5.41, 5.74) is 10.1. The number of hydrogen-bond donors (Lipinski definition) is 0. The van der Waals surface area contributed by atoms with Gasteiger partial charge in [0.15, 0.2) is 5.78 Å². The predicted octanol–water partition coefficient (Wildman–Crippen LogP) is 6.86. The molecule has 0 amide bonds. The van der Waals surface area contributed by atoms with Gasteiger partial charge in [-0.2, -0.15) is 0 Å². The molecule has 2 unspecified atom stereocenters. The number of allylic oxidation sites excluding steroid dienone is 2. The summed E-state index contributed by atoms with van der Waals surface area (Å²) >= 11 is 0. The smallest absolute Gasteiger partial charge is 0.170 e. The second-order valence-electron chi connectivity index (χ2n) is 8.91. The Morgan fingerprint density at radius 1 is 0.867 bits per heavy atom. The van der Waals surface area contributed by atoms with Gasteiger partial charge >= 0.3 is 0 Å². The largest absolute Gasteiger partial charge is 0.293 e. The lowest BCUT2D eigenvalue weighted by Gasteiger charge is -2.22. The van der Waals surface area contributed by atoms with Crippen LogP contribution in [-0.4, -0.2) is 5.78 Å². The number of Topliss-reactive ketones (excluding diaryl/α,β-unsaturated/α-hetero) is 1. The van der Waals surface area contributed by atoms with Crippen molar-refractivity contribution in [1.82, 2.24) is 0 Å². The van der Waals surface area contributed by atoms with Crippen LogP contribution in [0.5, 0.6) is 0 Å². The Hall–Kier alpha value is -2.93. The van der Waals surface area contributed by atoms with E-state index in [9.17, 15) is 4.79 Å². The van der Waals surface area contributed by atoms with Crippen molar-refractivity contribution in [3.05, 3.63) is 112 Å². The van der Waals surface area contributed by atoms with Crippen LogP contribution in [-0.2, 0) is 12.8 Å². The average Bonchev–Trinajstić information content (AvgIpc) is 3.41. The molecular weight excluding hydrogens is 364 g/mol. The molecule has 0 N–H and O–H groups in total. The van der Waals surface area contributed by atoms with Gasteiger partial charge in [0.2, 0.25) is 0 Å². The van der Waals surface area contributed by atoms with Crippen LogP contribution in [0.3, 0.4) is 0 Å². The van der Waals surface area contributed by atoms with Gasteiger partial charge in [-0.3, -0.25) is 4.79 Å². The number of hydrogen-bond acceptors (Lipinski definition) is 1. The molecule has 2 atom stereocenters. The van der Waals surface area contributed by atoms with Crippen molar-refractivity contribution in [2.75, 3.05) is 0 Å². The molecule has 0 aromatic heterocycles. The van der Waals surface area contributed by atoms with Crippen molar-refractivity contribution >= 4 is 11.4 Å². The summed E-state index contributed by atoms with van der Waals surface area (Å²) in [5.74, 6) is 0.381. The first-order valence-electron chi connectivity index (χ1n) is 11.1. The maximum Gasteiger partial charge on any atom is 0.170 e. The van der Waals surface area contributed by atoms with Gasteiger partial charge < -0.3 is 0 Å². The van der Waals surface area contributed by atoms with E-state index < -0.39 is 0 Å². The molecule has 0 spiro atoms. The Bertz CT molecular complexity index is 1130. The molecule has 1 heteroatoms. The summed E-state index contributed by atoms with van der Waals surface area (Å²) in [4.78, 5) is 13.7. The van der Waals surface area contributed by atoms with E-state index >= 15 is 0 Å². The second kappa shape index (κ2) is 7.72. The molecule has 0 saturated heterocycles. The summed E-state index contributed by atoms with van der Waals surface area (Å²) in [6.07, 6.45) is 6.74. The first kappa shape index (κ1) is 19.1. The Morgan fingerprint density at radius 2 is 1.67 bits per heavy atom. The molecule has 1 nitrogen and oxygen atoms in total. The zero-order valence-corrected chi connectivity index (χ0v) is 17.8. The fourth-order valence-electron chi connectivity index (χ4n) is 5.33. The Labute approximate surface area is 179 Å². The van der Waals surface area contributed by atoms with E-state index in [1.165, 1.54) is 46.2 Å². The van der Waals surface area contributed by atoms with Gasteiger partial charge in [-0.15, -0.1) is 0 Å². The minimum atomic E-state index is -0.102. The molecule has 5 rings (SSSR count). The third kappa shape index (κ3) is 3.33. The van der Waals surface area contributed by atoms with Gasteiger partial charge in [-0.05, 0) is 72.9 Å². The van der Waals surface area contributed by atoms with Crippen molar-refractivity contribution in [1.29, 1.82) is 0 Å². The summed E-state index contributed by atoms with van der Waals surface area (Å²) < 4.78 is 0. The third-order valence-electron chi connectivity index (χ3n) is 6.97. The van der Waals surface area contributed by atoms with Crippen LogP contribution in [0.4, 0.5) is 0 Å². The maximum absolute atomic E-state index is 13.7. The topological polar surface area (TPSA) is 17.1 Å². The maximum atomic E-state index is 13.7. The normalized spacial score (nSPS) is 20.1. The van der Waals surface area contributed by atoms with Crippen LogP contribution in [0.1, 0.15) is 62.5 Å². The zero-order chi connectivity index (χ0) is 20.7. The summed E-state index contributed by atoms with van der Waals surface area (Å²) in [6, 6.07) is 23.5. The molecule has 2 aliphatic rings. The molecule has 30 heavy (non-hydrogen) atoms. The Morgan fingerprint density at radius 3 is 2.47 bits per heavy atom. The Kier molecular flexibility index (Phi) is 4.90. The minimum absolute atomic E-state index is 0.102. The molecule has 0 bridgehead atoms. The van der Waals surface area contributed by atoms with Crippen LogP contribution >= 0.6 is 0 Å². The molecular formula is C29H28O. The van der Waals surface area contributed by atoms with E-state index in [1.807, 2.05) is 31.2 Å². The highest BCUT2D eigenvalue weighted by atomic mass is 16.1. The monoisotopic (exact) mass is 392 g/mol. The summed E-state index contributed by atoms with van der Waals surface area (Å²) in [6.45, 7) is 4.16. The molecule has 0 fully saturated rings. The van der Waals surface area contributed by atoms with Gasteiger partial charge in [0.25, 0.3) is 0 Å². The van der Waals surface area contributed by atoms with Crippen molar-refractivity contribution in [2.24, 2.45) is 5.92 Å². The van der Waals surface area contributed by atoms with Gasteiger partial charge in [0.05, 0.1) is 0 Å². The van der Waals surface area contributed by atoms with Crippen molar-refractivity contribution < 1.29 is 4.79 Å². The van der Waals surface area contributed by atoms with Gasteiger partial charge in [-0.1, -0.05) is 78.4 Å². The highest BCUT2D eigenvalue weighted by Crippen LogP contribution is 2.46. The molecule has 0 heterocycles. The lowest BCUT2D eigenvalue weighted by Crippen LogP contribution is -2.19. The fraction of sp³-hybridized carbons (Fsp3) is 0.276. The van der Waals surface area contributed by atoms with Crippen LogP contribution < -0.4 is 0 Å². The molecule has 0 radical (unpaired) electrons. The van der Waals surface area contributed by atoms with Crippen LogP contribution in [0.15, 0.2) is 72.8 Å². The highest BCUT2D eigenvalue weighted by Gasteiger charge is 2.37. The van der Waals surface area contributed by atoms with E-state index in [2.05, 4.69) is 55.5 Å². The van der Waals surface area contributed by atoms with Crippen LogP contribution in [0.25, 0.3) is 5.57 Å². The molecule has 3 aromatic rings. The van der Waals surface area contributed by atoms with Crippen LogP contribution in [0.2, 0.25) is 0 Å². The van der Waals surface area contributed by atoms with Crippen molar-refractivity contribution in [2.45, 2.75) is 45.4 Å². The van der Waals surface area contributed by atoms with Crippen LogP contribution in [0, 0.1) is 19.8 Å². The standard InChI is InChI=1S/C29H28O/c1-19-13-15-21(16-14-19)23-17-27(26-12-6-9-22-8-5-11-25(22)26)28(18-23)29(30)24-10-4-3-7-20(24)2/h3-4,6-7,9-10,12-16,18,27-28H,5,8,11,17H2,1-2H3. The quantitative estimate of drug-likeness (QED) is 0.443. The van der Waals surface area contributed by atoms with Gasteiger partial charge in [0, 0.05) is 17.4 Å². The summed E-state index contributed by atoms with van der Waals surface area (Å²) in [5, 5.41) is 0. The van der Waals surface area contributed by atoms with E-state index in [0.29, 0.717) is 0 Å². The second-order valence-corrected chi connectivity index (χ2v) is 8.91. The first-order valence-corrected chi connectivity index (χ1v) is 11.1. The number of aryl methyl sites for hydroxylation is 3. The van der Waals surface area contributed by atoms with Crippen molar-refractivity contribution in [3.63, 3.8) is 0 Å². The van der Waals surface area contributed by atoms with Gasteiger partial charge in [0.1, 0.15) is 0 Å². The van der Waals surface area contributed by atoms with Crippen molar-refractivity contribution in [3.8, 4) is 0 Å². The number of carbonyl (C=O) groups excluding carboxylic acids is 1. The molecule has 150 valence electrons. The highest BCUT2D eigenvalue weighted by molar-refractivity contribution is 6.02. The molecule has 2 aliphatic carbocycles. The SMILES string of the molecule is Cc1ccc(C2=CC(C(=O)c3ccccc3C)C(c3cccc4c3CCC4)C2)cc1. The van der Waals surface area contributed by atoms with E-state index in [1.54, 1.807) is 0 Å². The Balaban J connectivity index is 1.59. The first-order chi connectivity index (χ1) is 14.6. The zero-order valence-electron chi connectivity index (χ0n) is 17.8. The fourth-order valence-corrected chi connectivity index (χ4v) is 5.33. The van der Waals surface area contributed by atoms with E-state index in [4.69, 9.17) is 0 Å². The van der Waals surface area contributed by atoms with E-state index in [0.717, 1.165) is 24.0 Å². The number of carbonyl (C=O) groups is 1. The number of rotatable bonds is 4. The minimum Gasteiger partial charge on any atom is -0.293 e.